The summed E-state index contributed by atoms with van der Waals surface area (Å²) in [5.41, 5.74) is 1.75. The van der Waals surface area contributed by atoms with Gasteiger partial charge in [0.15, 0.2) is 0 Å². The van der Waals surface area contributed by atoms with Gasteiger partial charge in [-0.05, 0) is 0 Å². The first-order valence-electron chi connectivity index (χ1n) is 2.12. The first-order chi connectivity index (χ1) is 4.41. The number of hydrogen-bond acceptors (Lipinski definition) is 4. The normalized spacial score (nSPS) is 6.78. The van der Waals surface area contributed by atoms with Crippen LogP contribution in [0.4, 0.5) is 0 Å². The molecule has 0 aliphatic rings. The summed E-state index contributed by atoms with van der Waals surface area (Å²) in [6.45, 7) is 0. The Labute approximate surface area is 51.4 Å². The Morgan fingerprint density at radius 2 is 2.44 bits per heavy atom. The molecule has 0 aromatic carbocycles. The van der Waals surface area contributed by atoms with Crippen LogP contribution in [-0.2, 0) is 4.79 Å². The highest BCUT2D eigenvalue weighted by Crippen LogP contribution is 1.55. The largest absolute Gasteiger partial charge is 0.297 e. The van der Waals surface area contributed by atoms with E-state index in [1.807, 2.05) is 0 Å². The molecular weight excluding hydrogens is 122 g/mol. The highest BCUT2D eigenvalue weighted by atomic mass is 16.1. The monoisotopic (exact) mass is 129 g/mol. The Morgan fingerprint density at radius 1 is 1.78 bits per heavy atom. The van der Waals surface area contributed by atoms with Crippen molar-refractivity contribution in [2.24, 2.45) is 5.84 Å². The van der Waals surface area contributed by atoms with Gasteiger partial charge in [-0.1, -0.05) is 5.21 Å². The van der Waals surface area contributed by atoms with Crippen molar-refractivity contribution in [3.8, 4) is 0 Å². The molecular formula is C3H7N5O. The number of nitrogens with one attached hydrogen (secondary N) is 2. The van der Waals surface area contributed by atoms with Crippen molar-refractivity contribution in [2.45, 2.75) is 0 Å². The molecule has 1 aromatic heterocycles. The van der Waals surface area contributed by atoms with E-state index >= 15 is 0 Å². The summed E-state index contributed by atoms with van der Waals surface area (Å²) < 4.78 is 0. The van der Waals surface area contributed by atoms with Crippen LogP contribution in [0.5, 0.6) is 0 Å². The van der Waals surface area contributed by atoms with E-state index in [-0.39, 0.29) is 0 Å². The molecule has 6 heteroatoms. The zero-order chi connectivity index (χ0) is 6.95. The number of hydrazine groups is 1. The Balaban J connectivity index is 0.000000148. The van der Waals surface area contributed by atoms with Crippen LogP contribution in [0.2, 0.25) is 0 Å². The molecule has 50 valence electrons. The fraction of sp³-hybridized carbons (Fsp3) is 0. The second kappa shape index (κ2) is 6.57. The van der Waals surface area contributed by atoms with E-state index in [2.05, 4.69) is 21.3 Å². The van der Waals surface area contributed by atoms with Crippen LogP contribution in [0.15, 0.2) is 12.4 Å². The number of nitrogens with zero attached hydrogens (tertiary/aromatic N) is 2. The number of aromatic amines is 1. The molecule has 9 heavy (non-hydrogen) atoms. The van der Waals surface area contributed by atoms with Crippen LogP contribution < -0.4 is 11.3 Å². The average Bonchev–Trinajstić information content (AvgIpc) is 2.43. The fourth-order valence-electron chi connectivity index (χ4n) is 0.167. The molecule has 0 atom stereocenters. The first kappa shape index (κ1) is 7.57. The maximum atomic E-state index is 8.94. The Kier molecular flexibility index (Phi) is 5.53. The smallest absolute Gasteiger partial charge is 0.221 e. The standard InChI is InChI=1S/C2H3N3.CH4N2O/c1-2-4-5-3-1;2-3-1-4/h1-2H,(H,3,4,5);1H,2H2,(H,3,4). The third-order valence-corrected chi connectivity index (χ3v) is 0.399. The Bertz CT molecular complexity index is 110. The topological polar surface area (TPSA) is 96.7 Å². The number of hydrogen-bond donors (Lipinski definition) is 3. The van der Waals surface area contributed by atoms with Crippen molar-refractivity contribution in [3.63, 3.8) is 0 Å². The van der Waals surface area contributed by atoms with Crippen molar-refractivity contribution in [2.75, 3.05) is 0 Å². The minimum absolute atomic E-state index is 0.403. The number of carbonyl (C=O) groups excluding carboxylic acids is 1. The summed E-state index contributed by atoms with van der Waals surface area (Å²) in [6.07, 6.45) is 3.64. The lowest BCUT2D eigenvalue weighted by atomic mass is 11.0. The molecule has 0 saturated heterocycles. The summed E-state index contributed by atoms with van der Waals surface area (Å²) in [7, 11) is 0. The molecule has 0 saturated carbocycles. The second-order valence-electron chi connectivity index (χ2n) is 0.945. The minimum Gasteiger partial charge on any atom is -0.297 e. The fourth-order valence-corrected chi connectivity index (χ4v) is 0.167. The molecule has 4 N–H and O–H groups in total. The van der Waals surface area contributed by atoms with Gasteiger partial charge in [0.05, 0.1) is 6.20 Å². The zero-order valence-corrected chi connectivity index (χ0v) is 4.61. The van der Waals surface area contributed by atoms with Crippen LogP contribution in [0.3, 0.4) is 0 Å². The molecule has 0 bridgehead atoms. The van der Waals surface area contributed by atoms with Gasteiger partial charge in [-0.3, -0.25) is 15.3 Å². The molecule has 0 spiro atoms. The Hall–Kier alpha value is -1.43. The lowest BCUT2D eigenvalue weighted by Gasteiger charge is -1.66. The third kappa shape index (κ3) is 6.57. The number of amides is 1. The van der Waals surface area contributed by atoms with Crippen molar-refractivity contribution in [1.29, 1.82) is 0 Å². The van der Waals surface area contributed by atoms with Gasteiger partial charge in [0.2, 0.25) is 6.41 Å². The molecule has 6 nitrogen and oxygen atoms in total. The van der Waals surface area contributed by atoms with Crippen LogP contribution in [0.25, 0.3) is 0 Å². The number of H-pyrrole nitrogens is 1. The molecule has 1 amide bonds. The van der Waals surface area contributed by atoms with E-state index in [4.69, 9.17) is 4.79 Å². The molecule has 0 radical (unpaired) electrons. The molecule has 1 heterocycles. The summed E-state index contributed by atoms with van der Waals surface area (Å²) in [4.78, 5) is 8.94. The number of aromatic nitrogens is 3. The van der Waals surface area contributed by atoms with Gasteiger partial charge < -0.3 is 0 Å². The van der Waals surface area contributed by atoms with Crippen LogP contribution in [0, 0.1) is 0 Å². The van der Waals surface area contributed by atoms with Crippen molar-refractivity contribution in [1.82, 2.24) is 20.8 Å². The lowest BCUT2D eigenvalue weighted by molar-refractivity contribution is -0.109. The quantitative estimate of drug-likeness (QED) is 0.184. The van der Waals surface area contributed by atoms with Gasteiger partial charge >= 0.3 is 0 Å². The summed E-state index contributed by atoms with van der Waals surface area (Å²) in [5.74, 6) is 4.41. The Morgan fingerprint density at radius 3 is 2.56 bits per heavy atom. The average molecular weight is 129 g/mol. The predicted octanol–water partition coefficient (Wildman–Crippen LogP) is -1.59. The summed E-state index contributed by atoms with van der Waals surface area (Å²) in [6, 6.07) is 0. The second-order valence-corrected chi connectivity index (χ2v) is 0.945. The molecule has 0 unspecified atom stereocenters. The summed E-state index contributed by atoms with van der Waals surface area (Å²) >= 11 is 0. The SMILES string of the molecule is NNC=O.c1c[nH]nn1. The zero-order valence-electron chi connectivity index (χ0n) is 4.61. The number of nitrogens with two attached hydrogens (primary N) is 1. The molecule has 1 aromatic rings. The van der Waals surface area contributed by atoms with Crippen molar-refractivity contribution in [3.05, 3.63) is 12.4 Å². The minimum atomic E-state index is 0.403. The van der Waals surface area contributed by atoms with Gasteiger partial charge in [-0.25, -0.2) is 5.84 Å². The molecule has 0 aliphatic heterocycles. The van der Waals surface area contributed by atoms with Crippen molar-refractivity contribution >= 4 is 6.41 Å². The van der Waals surface area contributed by atoms with E-state index in [9.17, 15) is 0 Å². The first-order valence-corrected chi connectivity index (χ1v) is 2.12. The van der Waals surface area contributed by atoms with Gasteiger partial charge in [-0.15, -0.1) is 5.10 Å². The van der Waals surface area contributed by atoms with Crippen LogP contribution in [-0.4, -0.2) is 21.8 Å². The number of rotatable bonds is 1. The number of carbonyl (C=O) groups is 1. The highest BCUT2D eigenvalue weighted by Gasteiger charge is 1.57. The lowest BCUT2D eigenvalue weighted by Crippen LogP contribution is -2.18. The van der Waals surface area contributed by atoms with E-state index in [1.54, 1.807) is 17.8 Å². The highest BCUT2D eigenvalue weighted by molar-refractivity contribution is 5.44. The van der Waals surface area contributed by atoms with Gasteiger partial charge in [0.25, 0.3) is 0 Å². The van der Waals surface area contributed by atoms with E-state index in [0.717, 1.165) is 0 Å². The van der Waals surface area contributed by atoms with Gasteiger partial charge in [0.1, 0.15) is 0 Å². The van der Waals surface area contributed by atoms with Gasteiger partial charge in [-0.2, -0.15) is 0 Å². The third-order valence-electron chi connectivity index (χ3n) is 0.399. The van der Waals surface area contributed by atoms with E-state index in [1.165, 1.54) is 0 Å². The summed E-state index contributed by atoms with van der Waals surface area (Å²) in [5, 5.41) is 9.26. The predicted molar refractivity (Wildman–Crippen MR) is 29.8 cm³/mol. The molecule has 0 aliphatic carbocycles. The van der Waals surface area contributed by atoms with E-state index in [0.29, 0.717) is 6.41 Å². The maximum absolute atomic E-state index is 8.94. The van der Waals surface area contributed by atoms with E-state index < -0.39 is 0 Å². The van der Waals surface area contributed by atoms with Crippen molar-refractivity contribution < 1.29 is 4.79 Å². The van der Waals surface area contributed by atoms with Crippen LogP contribution >= 0.6 is 0 Å². The maximum Gasteiger partial charge on any atom is 0.221 e. The molecule has 0 fully saturated rings. The van der Waals surface area contributed by atoms with Gasteiger partial charge in [0, 0.05) is 6.20 Å². The molecule has 1 rings (SSSR count). The van der Waals surface area contributed by atoms with Crippen LogP contribution in [0.1, 0.15) is 0 Å².